The summed E-state index contributed by atoms with van der Waals surface area (Å²) in [6, 6.07) is 12.4. The summed E-state index contributed by atoms with van der Waals surface area (Å²) in [6.45, 7) is 1.27. The smallest absolute Gasteiger partial charge is 0.311 e. The molecule has 152 valence electrons. The van der Waals surface area contributed by atoms with Crippen molar-refractivity contribution in [3.63, 3.8) is 0 Å². The first-order valence-corrected chi connectivity index (χ1v) is 9.11. The highest BCUT2D eigenvalue weighted by Crippen LogP contribution is 2.20. The third kappa shape index (κ3) is 5.07. The summed E-state index contributed by atoms with van der Waals surface area (Å²) >= 11 is 0. The number of halogens is 1. The summed E-state index contributed by atoms with van der Waals surface area (Å²) in [5.74, 6) is -1.37. The summed E-state index contributed by atoms with van der Waals surface area (Å²) in [5.41, 5.74) is 0.559. The normalized spacial score (nSPS) is 13.8. The monoisotopic (exact) mass is 401 g/mol. The van der Waals surface area contributed by atoms with E-state index in [1.807, 2.05) is 4.90 Å². The standard InChI is InChI=1S/C20H20FN3O5/c21-16-6-2-4-8-18(16)22-9-11-23(12-10-22)19(25)14-29-20(26)13-15-5-1-3-7-17(15)24(27)28/h1-8H,9-14H2. The van der Waals surface area contributed by atoms with Gasteiger partial charge in [-0.2, -0.15) is 0 Å². The number of carbonyl (C=O) groups is 2. The Kier molecular flexibility index (Phi) is 6.38. The predicted octanol–water partition coefficient (Wildman–Crippen LogP) is 2.17. The van der Waals surface area contributed by atoms with E-state index in [2.05, 4.69) is 0 Å². The lowest BCUT2D eigenvalue weighted by Gasteiger charge is -2.36. The zero-order valence-corrected chi connectivity index (χ0v) is 15.6. The molecule has 0 N–H and O–H groups in total. The van der Waals surface area contributed by atoms with Crippen LogP contribution in [-0.4, -0.2) is 54.5 Å². The summed E-state index contributed by atoms with van der Waals surface area (Å²) in [5, 5.41) is 11.0. The molecule has 9 heteroatoms. The van der Waals surface area contributed by atoms with Gasteiger partial charge in [-0.3, -0.25) is 19.7 Å². The summed E-state index contributed by atoms with van der Waals surface area (Å²) in [4.78, 5) is 38.1. The first-order valence-electron chi connectivity index (χ1n) is 9.11. The molecule has 1 aliphatic heterocycles. The lowest BCUT2D eigenvalue weighted by molar-refractivity contribution is -0.385. The first-order chi connectivity index (χ1) is 14.0. The van der Waals surface area contributed by atoms with E-state index in [-0.39, 0.29) is 29.4 Å². The quantitative estimate of drug-likeness (QED) is 0.418. The van der Waals surface area contributed by atoms with Crippen molar-refractivity contribution >= 4 is 23.3 Å². The lowest BCUT2D eigenvalue weighted by Crippen LogP contribution is -2.50. The second-order valence-electron chi connectivity index (χ2n) is 6.54. The SMILES string of the molecule is O=C(Cc1ccccc1[N+](=O)[O-])OCC(=O)N1CCN(c2ccccc2F)CC1. The van der Waals surface area contributed by atoms with Crippen LogP contribution in [0.5, 0.6) is 0 Å². The van der Waals surface area contributed by atoms with Gasteiger partial charge in [-0.25, -0.2) is 4.39 Å². The number of amides is 1. The van der Waals surface area contributed by atoms with Gasteiger partial charge >= 0.3 is 5.97 Å². The zero-order valence-electron chi connectivity index (χ0n) is 15.6. The van der Waals surface area contributed by atoms with Crippen LogP contribution in [0.1, 0.15) is 5.56 Å². The van der Waals surface area contributed by atoms with Gasteiger partial charge in [-0.05, 0) is 12.1 Å². The number of ether oxygens (including phenoxy) is 1. The molecule has 29 heavy (non-hydrogen) atoms. The average Bonchev–Trinajstić information content (AvgIpc) is 2.73. The van der Waals surface area contributed by atoms with E-state index < -0.39 is 17.5 Å². The fourth-order valence-corrected chi connectivity index (χ4v) is 3.18. The summed E-state index contributed by atoms with van der Waals surface area (Å²) in [7, 11) is 0. The van der Waals surface area contributed by atoms with Crippen molar-refractivity contribution in [3.8, 4) is 0 Å². The Balaban J connectivity index is 1.47. The molecule has 0 atom stereocenters. The first kappa shape index (κ1) is 20.2. The van der Waals surface area contributed by atoms with E-state index in [0.717, 1.165) is 0 Å². The van der Waals surface area contributed by atoms with Crippen molar-refractivity contribution in [2.75, 3.05) is 37.7 Å². The predicted molar refractivity (Wildman–Crippen MR) is 103 cm³/mol. The maximum absolute atomic E-state index is 13.9. The minimum Gasteiger partial charge on any atom is -0.455 e. The van der Waals surface area contributed by atoms with Crippen LogP contribution in [0.2, 0.25) is 0 Å². The van der Waals surface area contributed by atoms with Crippen LogP contribution in [0.3, 0.4) is 0 Å². The number of piperazine rings is 1. The molecule has 3 rings (SSSR count). The molecular weight excluding hydrogens is 381 g/mol. The number of hydrogen-bond donors (Lipinski definition) is 0. The molecule has 0 bridgehead atoms. The molecule has 0 aromatic heterocycles. The van der Waals surface area contributed by atoms with Gasteiger partial charge in [-0.1, -0.05) is 30.3 Å². The van der Waals surface area contributed by atoms with Crippen molar-refractivity contribution in [2.45, 2.75) is 6.42 Å². The molecule has 1 fully saturated rings. The molecule has 1 aliphatic rings. The molecule has 8 nitrogen and oxygen atoms in total. The number of para-hydroxylation sites is 2. The number of nitro groups is 1. The van der Waals surface area contributed by atoms with Crippen molar-refractivity contribution in [1.82, 2.24) is 4.90 Å². The third-order valence-corrected chi connectivity index (χ3v) is 4.71. The fraction of sp³-hybridized carbons (Fsp3) is 0.300. The van der Waals surface area contributed by atoms with Crippen LogP contribution in [0.4, 0.5) is 15.8 Å². The minimum atomic E-state index is -0.711. The second kappa shape index (κ2) is 9.13. The number of carbonyl (C=O) groups excluding carboxylic acids is 2. The van der Waals surface area contributed by atoms with Gasteiger partial charge in [0, 0.05) is 37.8 Å². The fourth-order valence-electron chi connectivity index (χ4n) is 3.18. The van der Waals surface area contributed by atoms with Crippen molar-refractivity contribution < 1.29 is 23.6 Å². The van der Waals surface area contributed by atoms with E-state index >= 15 is 0 Å². The van der Waals surface area contributed by atoms with Crippen LogP contribution >= 0.6 is 0 Å². The molecule has 0 radical (unpaired) electrons. The molecule has 2 aromatic rings. The number of hydrogen-bond acceptors (Lipinski definition) is 6. The number of rotatable bonds is 6. The maximum Gasteiger partial charge on any atom is 0.311 e. The third-order valence-electron chi connectivity index (χ3n) is 4.71. The van der Waals surface area contributed by atoms with E-state index in [4.69, 9.17) is 4.74 Å². The minimum absolute atomic E-state index is 0.167. The number of anilines is 1. The van der Waals surface area contributed by atoms with Gasteiger partial charge in [0.05, 0.1) is 17.0 Å². The Hall–Kier alpha value is -3.49. The van der Waals surface area contributed by atoms with E-state index in [9.17, 15) is 24.1 Å². The van der Waals surface area contributed by atoms with E-state index in [1.54, 1.807) is 29.2 Å². The van der Waals surface area contributed by atoms with Crippen LogP contribution in [0.25, 0.3) is 0 Å². The highest BCUT2D eigenvalue weighted by Gasteiger charge is 2.24. The van der Waals surface area contributed by atoms with Crippen LogP contribution in [-0.2, 0) is 20.7 Å². The van der Waals surface area contributed by atoms with Crippen molar-refractivity contribution in [3.05, 3.63) is 70.0 Å². The van der Waals surface area contributed by atoms with Crippen molar-refractivity contribution in [2.24, 2.45) is 0 Å². The van der Waals surface area contributed by atoms with E-state index in [0.29, 0.717) is 31.9 Å². The Morgan fingerprint density at radius 1 is 1.03 bits per heavy atom. The zero-order chi connectivity index (χ0) is 20.8. The molecule has 0 saturated carbocycles. The summed E-state index contributed by atoms with van der Waals surface area (Å²) < 4.78 is 18.9. The highest BCUT2D eigenvalue weighted by molar-refractivity contribution is 5.82. The van der Waals surface area contributed by atoms with Crippen molar-refractivity contribution in [1.29, 1.82) is 0 Å². The van der Waals surface area contributed by atoms with Gasteiger partial charge < -0.3 is 14.5 Å². The average molecular weight is 401 g/mol. The molecular formula is C20H20FN3O5. The largest absolute Gasteiger partial charge is 0.455 e. The molecule has 0 spiro atoms. The van der Waals surface area contributed by atoms with Crippen LogP contribution in [0.15, 0.2) is 48.5 Å². The Morgan fingerprint density at radius 3 is 2.38 bits per heavy atom. The van der Waals surface area contributed by atoms with Gasteiger partial charge in [0.1, 0.15) is 5.82 Å². The number of nitrogens with zero attached hydrogens (tertiary/aromatic N) is 3. The lowest BCUT2D eigenvalue weighted by atomic mass is 10.1. The van der Waals surface area contributed by atoms with Crippen LogP contribution in [0, 0.1) is 15.9 Å². The Morgan fingerprint density at radius 2 is 1.69 bits per heavy atom. The Labute approximate surface area is 166 Å². The van der Waals surface area contributed by atoms with Gasteiger partial charge in [-0.15, -0.1) is 0 Å². The molecule has 1 saturated heterocycles. The molecule has 0 unspecified atom stereocenters. The molecule has 1 amide bonds. The van der Waals surface area contributed by atoms with Crippen LogP contribution < -0.4 is 4.90 Å². The van der Waals surface area contributed by atoms with E-state index in [1.165, 1.54) is 24.3 Å². The number of benzene rings is 2. The molecule has 2 aromatic carbocycles. The summed E-state index contributed by atoms with van der Waals surface area (Å²) in [6.07, 6.45) is -0.286. The number of esters is 1. The topological polar surface area (TPSA) is 93.0 Å². The second-order valence-corrected chi connectivity index (χ2v) is 6.54. The molecule has 1 heterocycles. The highest BCUT2D eigenvalue weighted by atomic mass is 19.1. The van der Waals surface area contributed by atoms with Gasteiger partial charge in [0.15, 0.2) is 6.61 Å². The molecule has 0 aliphatic carbocycles. The maximum atomic E-state index is 13.9. The van der Waals surface area contributed by atoms with Gasteiger partial charge in [0.2, 0.25) is 0 Å². The number of nitro benzene ring substituents is 1. The Bertz CT molecular complexity index is 912. The van der Waals surface area contributed by atoms with Gasteiger partial charge in [0.25, 0.3) is 11.6 Å².